The molecule has 3 nitrogen and oxygen atoms in total. The highest BCUT2D eigenvalue weighted by molar-refractivity contribution is 6.30. The maximum absolute atomic E-state index is 5.72. The van der Waals surface area contributed by atoms with Gasteiger partial charge in [-0.25, -0.2) is 4.98 Å². The van der Waals surface area contributed by atoms with Gasteiger partial charge < -0.3 is 10.3 Å². The highest BCUT2D eigenvalue weighted by Crippen LogP contribution is 2.10. The van der Waals surface area contributed by atoms with E-state index in [0.29, 0.717) is 5.02 Å². The van der Waals surface area contributed by atoms with Gasteiger partial charge in [0.1, 0.15) is 5.82 Å². The van der Waals surface area contributed by atoms with E-state index in [-0.39, 0.29) is 0 Å². The van der Waals surface area contributed by atoms with Crippen molar-refractivity contribution in [1.29, 1.82) is 0 Å². The lowest BCUT2D eigenvalue weighted by molar-refractivity contribution is 1.11. The number of aromatic nitrogens is 2. The summed E-state index contributed by atoms with van der Waals surface area (Å²) in [7, 11) is 0. The van der Waals surface area contributed by atoms with Gasteiger partial charge in [-0.2, -0.15) is 0 Å². The van der Waals surface area contributed by atoms with Crippen LogP contribution in [0, 0.1) is 0 Å². The van der Waals surface area contributed by atoms with E-state index < -0.39 is 0 Å². The van der Waals surface area contributed by atoms with Crippen LogP contribution in [0.25, 0.3) is 0 Å². The number of hydrogen-bond donors (Lipinski definition) is 2. The molecule has 0 saturated carbocycles. The van der Waals surface area contributed by atoms with Crippen LogP contribution in [0.15, 0.2) is 36.8 Å². The van der Waals surface area contributed by atoms with Crippen molar-refractivity contribution in [3.8, 4) is 0 Å². The van der Waals surface area contributed by atoms with Gasteiger partial charge in [-0.3, -0.25) is 0 Å². The quantitative estimate of drug-likeness (QED) is 0.813. The van der Waals surface area contributed by atoms with E-state index in [1.807, 2.05) is 30.6 Å². The third-order valence-corrected chi connectivity index (χ3v) is 2.09. The second kappa shape index (κ2) is 4.15. The number of pyridine rings is 1. The van der Waals surface area contributed by atoms with Crippen molar-refractivity contribution in [2.45, 2.75) is 6.54 Å². The molecule has 2 aromatic heterocycles. The highest BCUT2D eigenvalue weighted by atomic mass is 35.5. The molecule has 0 unspecified atom stereocenters. The Kier molecular flexibility index (Phi) is 2.70. The molecule has 2 N–H and O–H groups in total. The summed E-state index contributed by atoms with van der Waals surface area (Å²) >= 11 is 5.72. The number of aromatic amines is 1. The molecule has 0 atom stereocenters. The Morgan fingerprint density at radius 3 is 2.93 bits per heavy atom. The van der Waals surface area contributed by atoms with Crippen molar-refractivity contribution in [3.05, 3.63) is 47.4 Å². The van der Waals surface area contributed by atoms with Gasteiger partial charge >= 0.3 is 0 Å². The fraction of sp³-hybridized carbons (Fsp3) is 0.100. The highest BCUT2D eigenvalue weighted by Gasteiger charge is 1.94. The molecule has 0 aliphatic rings. The summed E-state index contributed by atoms with van der Waals surface area (Å²) in [6.07, 6.45) is 5.47. The Morgan fingerprint density at radius 1 is 1.36 bits per heavy atom. The molecule has 2 heterocycles. The van der Waals surface area contributed by atoms with E-state index in [4.69, 9.17) is 11.6 Å². The van der Waals surface area contributed by atoms with Gasteiger partial charge in [0.15, 0.2) is 0 Å². The van der Waals surface area contributed by atoms with Crippen LogP contribution >= 0.6 is 11.6 Å². The molecule has 2 aromatic rings. The van der Waals surface area contributed by atoms with Crippen molar-refractivity contribution in [2.75, 3.05) is 5.32 Å². The van der Waals surface area contributed by atoms with Gasteiger partial charge in [-0.05, 0) is 23.8 Å². The standard InChI is InChI=1S/C10H10ClN3/c11-9-1-2-10(14-7-9)13-6-8-3-4-12-5-8/h1-5,7,12H,6H2,(H,13,14). The fourth-order valence-electron chi connectivity index (χ4n) is 1.14. The van der Waals surface area contributed by atoms with Crippen LogP contribution in [0.3, 0.4) is 0 Å². The molecule has 0 saturated heterocycles. The number of H-pyrrole nitrogens is 1. The number of nitrogens with one attached hydrogen (secondary N) is 2. The second-order valence-electron chi connectivity index (χ2n) is 2.93. The number of nitrogens with zero attached hydrogens (tertiary/aromatic N) is 1. The summed E-state index contributed by atoms with van der Waals surface area (Å²) in [4.78, 5) is 7.12. The minimum absolute atomic E-state index is 0.650. The molecular formula is C10H10ClN3. The van der Waals surface area contributed by atoms with E-state index >= 15 is 0 Å². The van der Waals surface area contributed by atoms with Crippen molar-refractivity contribution >= 4 is 17.4 Å². The lowest BCUT2D eigenvalue weighted by atomic mass is 10.3. The molecule has 0 radical (unpaired) electrons. The lowest BCUT2D eigenvalue weighted by Gasteiger charge is -2.02. The van der Waals surface area contributed by atoms with Crippen molar-refractivity contribution < 1.29 is 0 Å². The average molecular weight is 208 g/mol. The first-order chi connectivity index (χ1) is 6.84. The summed E-state index contributed by atoms with van der Waals surface area (Å²) in [5, 5.41) is 3.83. The van der Waals surface area contributed by atoms with Crippen LogP contribution in [0.1, 0.15) is 5.56 Å². The number of rotatable bonds is 3. The summed E-state index contributed by atoms with van der Waals surface area (Å²) in [6, 6.07) is 5.69. The zero-order valence-corrected chi connectivity index (χ0v) is 8.25. The number of halogens is 1. The van der Waals surface area contributed by atoms with Crippen molar-refractivity contribution in [3.63, 3.8) is 0 Å². The third-order valence-electron chi connectivity index (χ3n) is 1.86. The monoisotopic (exact) mass is 207 g/mol. The zero-order valence-electron chi connectivity index (χ0n) is 7.50. The van der Waals surface area contributed by atoms with Crippen LogP contribution in [-0.4, -0.2) is 9.97 Å². The Bertz CT molecular complexity index is 380. The van der Waals surface area contributed by atoms with Crippen LogP contribution in [0.4, 0.5) is 5.82 Å². The normalized spacial score (nSPS) is 10.1. The zero-order chi connectivity index (χ0) is 9.80. The molecule has 0 amide bonds. The average Bonchev–Trinajstić information content (AvgIpc) is 2.70. The molecule has 0 aliphatic carbocycles. The molecule has 2 rings (SSSR count). The van der Waals surface area contributed by atoms with Gasteiger partial charge in [0.2, 0.25) is 0 Å². The fourth-order valence-corrected chi connectivity index (χ4v) is 1.25. The third kappa shape index (κ3) is 2.26. The van der Waals surface area contributed by atoms with Crippen LogP contribution < -0.4 is 5.32 Å². The molecule has 14 heavy (non-hydrogen) atoms. The first-order valence-corrected chi connectivity index (χ1v) is 4.69. The summed E-state index contributed by atoms with van der Waals surface area (Å²) in [5.74, 6) is 0.829. The Labute approximate surface area is 87.1 Å². The lowest BCUT2D eigenvalue weighted by Crippen LogP contribution is -1.99. The van der Waals surface area contributed by atoms with Crippen molar-refractivity contribution in [1.82, 2.24) is 9.97 Å². The molecule has 0 bridgehead atoms. The maximum Gasteiger partial charge on any atom is 0.126 e. The smallest absolute Gasteiger partial charge is 0.126 e. The Morgan fingerprint density at radius 2 is 2.29 bits per heavy atom. The predicted molar refractivity (Wildman–Crippen MR) is 57.4 cm³/mol. The predicted octanol–water partition coefficient (Wildman–Crippen LogP) is 2.68. The maximum atomic E-state index is 5.72. The molecular weight excluding hydrogens is 198 g/mol. The Hall–Kier alpha value is -1.48. The number of hydrogen-bond acceptors (Lipinski definition) is 2. The van der Waals surface area contributed by atoms with Gasteiger partial charge in [-0.15, -0.1) is 0 Å². The molecule has 72 valence electrons. The van der Waals surface area contributed by atoms with Gasteiger partial charge in [0, 0.05) is 25.1 Å². The first kappa shape index (κ1) is 9.09. The SMILES string of the molecule is Clc1ccc(NCc2cc[nH]c2)nc1. The summed E-state index contributed by atoms with van der Waals surface area (Å²) in [6.45, 7) is 0.762. The minimum Gasteiger partial charge on any atom is -0.367 e. The molecule has 0 fully saturated rings. The minimum atomic E-state index is 0.650. The molecule has 4 heteroatoms. The summed E-state index contributed by atoms with van der Waals surface area (Å²) < 4.78 is 0. The molecule has 0 spiro atoms. The topological polar surface area (TPSA) is 40.7 Å². The van der Waals surface area contributed by atoms with Crippen LogP contribution in [0.5, 0.6) is 0 Å². The van der Waals surface area contributed by atoms with E-state index in [1.165, 1.54) is 5.56 Å². The van der Waals surface area contributed by atoms with Crippen LogP contribution in [-0.2, 0) is 6.54 Å². The van der Waals surface area contributed by atoms with E-state index in [2.05, 4.69) is 15.3 Å². The largest absolute Gasteiger partial charge is 0.367 e. The van der Waals surface area contributed by atoms with E-state index in [9.17, 15) is 0 Å². The van der Waals surface area contributed by atoms with E-state index in [0.717, 1.165) is 12.4 Å². The first-order valence-electron chi connectivity index (χ1n) is 4.32. The summed E-state index contributed by atoms with van der Waals surface area (Å²) in [5.41, 5.74) is 1.20. The Balaban J connectivity index is 1.95. The second-order valence-corrected chi connectivity index (χ2v) is 3.37. The number of anilines is 1. The van der Waals surface area contributed by atoms with Gasteiger partial charge in [0.25, 0.3) is 0 Å². The molecule has 0 aliphatic heterocycles. The van der Waals surface area contributed by atoms with Crippen molar-refractivity contribution in [2.24, 2.45) is 0 Å². The van der Waals surface area contributed by atoms with E-state index in [1.54, 1.807) is 6.20 Å². The van der Waals surface area contributed by atoms with Gasteiger partial charge in [-0.1, -0.05) is 11.6 Å². The molecule has 0 aromatic carbocycles. The van der Waals surface area contributed by atoms with Crippen LogP contribution in [0.2, 0.25) is 5.02 Å². The van der Waals surface area contributed by atoms with Gasteiger partial charge in [0.05, 0.1) is 5.02 Å².